The van der Waals surface area contributed by atoms with Gasteiger partial charge in [0.1, 0.15) is 40.3 Å². The van der Waals surface area contributed by atoms with Gasteiger partial charge in [-0.15, -0.1) is 0 Å². The second-order valence-electron chi connectivity index (χ2n) is 15.4. The van der Waals surface area contributed by atoms with Crippen LogP contribution in [-0.2, 0) is 28.9 Å². The monoisotopic (exact) mass is 965 g/mol. The second-order valence-corrected chi connectivity index (χ2v) is 15.4. The Labute approximate surface area is 398 Å². The third kappa shape index (κ3) is 11.0. The molecule has 4 aromatic carbocycles. The quantitative estimate of drug-likeness (QED) is 0.0581. The maximum absolute atomic E-state index is 14.8. The number of carboxylic acid groups (broad SMARTS) is 1. The Morgan fingerprint density at radius 3 is 1.54 bits per heavy atom. The molecule has 0 unspecified atom stereocenters. The summed E-state index contributed by atoms with van der Waals surface area (Å²) in [6, 6.07) is 27.5. The van der Waals surface area contributed by atoms with Gasteiger partial charge in [0.25, 0.3) is 11.1 Å². The Morgan fingerprint density at radius 2 is 1.06 bits per heavy atom. The number of anilines is 3. The van der Waals surface area contributed by atoms with Crippen LogP contribution in [0.3, 0.4) is 0 Å². The van der Waals surface area contributed by atoms with E-state index in [4.69, 9.17) is 20.3 Å². The number of hydrogen-bond acceptors (Lipinski definition) is 11. The molecule has 0 fully saturated rings. The molecule has 0 atom stereocenters. The van der Waals surface area contributed by atoms with Gasteiger partial charge >= 0.3 is 5.97 Å². The van der Waals surface area contributed by atoms with Crippen molar-refractivity contribution in [3.05, 3.63) is 218 Å². The molecule has 4 aromatic heterocycles. The lowest BCUT2D eigenvalue weighted by Gasteiger charge is -2.11. The standard InChI is InChI=1S/C26H17F2N3O4.C13H10FN3O2.C12H8FNO3/c27-16-4-6-17(7-5-16)31-11-1-2-18(26(31)34)21(32)13-15-3-8-23(20(28)12-15)35-22-9-10-29-25-19(22)14-24(33)30-25;14-9-5-7(15)1-2-11(9)19-10-3-4-16-13-8(10)6-12(18)17-13;13-8-3-5-9(6-4-8)14-7-1-2-10(11(14)15)12(16)17/h1-12H,13-14H2,(H,29,30,33);1-5H,6,15H2,(H,16,17,18);1-7H,(H,16,17). The number of aromatic carboxylic acids is 1. The third-order valence-corrected chi connectivity index (χ3v) is 10.6. The molecular weight excluding hydrogens is 931 g/mol. The molecule has 0 bridgehead atoms. The van der Waals surface area contributed by atoms with Crippen LogP contribution in [0.5, 0.6) is 23.0 Å². The lowest BCUT2D eigenvalue weighted by molar-refractivity contribution is -0.115. The first kappa shape index (κ1) is 47.8. The number of carbonyl (C=O) groups is 4. The van der Waals surface area contributed by atoms with Crippen LogP contribution in [-0.4, -0.2) is 47.8 Å². The van der Waals surface area contributed by atoms with Crippen LogP contribution in [0.4, 0.5) is 34.9 Å². The highest BCUT2D eigenvalue weighted by molar-refractivity contribution is 5.99. The zero-order valence-electron chi connectivity index (χ0n) is 36.6. The van der Waals surface area contributed by atoms with E-state index in [9.17, 15) is 46.3 Å². The molecule has 0 saturated heterocycles. The lowest BCUT2D eigenvalue weighted by atomic mass is 10.0. The minimum Gasteiger partial charge on any atom is -0.477 e. The van der Waals surface area contributed by atoms with Crippen molar-refractivity contribution in [2.45, 2.75) is 19.3 Å². The van der Waals surface area contributed by atoms with Crippen LogP contribution in [0.1, 0.15) is 37.4 Å². The van der Waals surface area contributed by atoms with E-state index in [0.29, 0.717) is 56.9 Å². The van der Waals surface area contributed by atoms with Gasteiger partial charge in [-0.2, -0.15) is 0 Å². The van der Waals surface area contributed by atoms with Crippen LogP contribution in [0.2, 0.25) is 0 Å². The van der Waals surface area contributed by atoms with Gasteiger partial charge in [-0.05, 0) is 115 Å². The first-order valence-electron chi connectivity index (χ1n) is 21.1. The van der Waals surface area contributed by atoms with E-state index in [0.717, 1.165) is 4.57 Å². The van der Waals surface area contributed by atoms with Crippen molar-refractivity contribution in [3.63, 3.8) is 0 Å². The van der Waals surface area contributed by atoms with E-state index < -0.39 is 46.1 Å². The number of halogens is 4. The molecule has 0 spiro atoms. The summed E-state index contributed by atoms with van der Waals surface area (Å²) in [6.45, 7) is 0. The number of rotatable bonds is 10. The maximum atomic E-state index is 14.8. The molecule has 5 N–H and O–H groups in total. The fourth-order valence-corrected chi connectivity index (χ4v) is 7.20. The summed E-state index contributed by atoms with van der Waals surface area (Å²) in [5, 5.41) is 14.0. The lowest BCUT2D eigenvalue weighted by Crippen LogP contribution is -2.25. The van der Waals surface area contributed by atoms with Crippen molar-refractivity contribution in [3.8, 4) is 34.4 Å². The molecule has 0 aliphatic carbocycles. The molecule has 71 heavy (non-hydrogen) atoms. The Bertz CT molecular complexity index is 3510. The van der Waals surface area contributed by atoms with Crippen molar-refractivity contribution in [2.24, 2.45) is 0 Å². The summed E-state index contributed by atoms with van der Waals surface area (Å²) >= 11 is 0. The van der Waals surface area contributed by atoms with Gasteiger partial charge in [-0.3, -0.25) is 33.1 Å². The van der Waals surface area contributed by atoms with Gasteiger partial charge in [0.15, 0.2) is 28.9 Å². The normalized spacial score (nSPS) is 11.9. The van der Waals surface area contributed by atoms with Gasteiger partial charge in [0.2, 0.25) is 11.8 Å². The average Bonchev–Trinajstić information content (AvgIpc) is 3.94. The molecule has 0 saturated carbocycles. The summed E-state index contributed by atoms with van der Waals surface area (Å²) < 4.78 is 67.9. The Balaban J connectivity index is 0.000000158. The van der Waals surface area contributed by atoms with Crippen LogP contribution in [0, 0.1) is 23.3 Å². The van der Waals surface area contributed by atoms with Gasteiger partial charge < -0.3 is 30.9 Å². The predicted octanol–water partition coefficient (Wildman–Crippen LogP) is 7.99. The molecule has 356 valence electrons. The first-order valence-corrected chi connectivity index (χ1v) is 21.1. The topological polar surface area (TPSA) is 227 Å². The van der Waals surface area contributed by atoms with Crippen molar-refractivity contribution >= 4 is 40.9 Å². The Kier molecular flexibility index (Phi) is 13.9. The Hall–Kier alpha value is -9.72. The van der Waals surface area contributed by atoms with Crippen LogP contribution in [0.25, 0.3) is 11.4 Å². The largest absolute Gasteiger partial charge is 0.477 e. The van der Waals surface area contributed by atoms with Crippen molar-refractivity contribution in [1.82, 2.24) is 19.1 Å². The fourth-order valence-electron chi connectivity index (χ4n) is 7.20. The third-order valence-electron chi connectivity index (χ3n) is 10.6. The summed E-state index contributed by atoms with van der Waals surface area (Å²) in [5.41, 5.74) is 6.55. The summed E-state index contributed by atoms with van der Waals surface area (Å²) in [4.78, 5) is 79.3. The van der Waals surface area contributed by atoms with Crippen molar-refractivity contribution in [2.75, 3.05) is 16.4 Å². The highest BCUT2D eigenvalue weighted by Crippen LogP contribution is 2.35. The number of pyridine rings is 4. The number of nitrogens with one attached hydrogen (secondary N) is 2. The molecule has 16 nitrogen and oxygen atoms in total. The molecular formula is C51H35F4N7O9. The first-order chi connectivity index (χ1) is 34.1. The van der Waals surface area contributed by atoms with Gasteiger partial charge in [0, 0.05) is 65.5 Å². The average molecular weight is 966 g/mol. The van der Waals surface area contributed by atoms with Crippen LogP contribution < -0.4 is 37.0 Å². The van der Waals surface area contributed by atoms with E-state index in [1.54, 1.807) is 18.2 Å². The van der Waals surface area contributed by atoms with Gasteiger partial charge in [-0.1, -0.05) is 6.07 Å². The van der Waals surface area contributed by atoms with E-state index in [1.165, 1.54) is 132 Å². The summed E-state index contributed by atoms with van der Waals surface area (Å²) in [5.74, 6) is -2.74. The maximum Gasteiger partial charge on any atom is 0.341 e. The van der Waals surface area contributed by atoms with E-state index in [1.807, 2.05) is 0 Å². The zero-order chi connectivity index (χ0) is 50.3. The van der Waals surface area contributed by atoms with E-state index >= 15 is 0 Å². The molecule has 6 heterocycles. The number of nitrogens with two attached hydrogens (primary N) is 1. The number of aromatic nitrogens is 4. The highest BCUT2D eigenvalue weighted by atomic mass is 19.1. The SMILES string of the molecule is Nc1ccc(Oc2ccnc3c2CC(=O)N3)c(F)c1.O=C(O)c1cccn(-c2ccc(F)cc2)c1=O.O=C1Cc2c(Oc3ccc(CC(=O)c4cccn(-c5ccc(F)cc5)c4=O)cc3F)ccnc2N1. The molecule has 20 heteroatoms. The minimum absolute atomic E-state index is 0.0574. The molecule has 2 aliphatic heterocycles. The smallest absolute Gasteiger partial charge is 0.341 e. The van der Waals surface area contributed by atoms with Gasteiger partial charge in [0.05, 0.1) is 18.4 Å². The number of fused-ring (bicyclic) bond motifs is 2. The molecule has 0 radical (unpaired) electrons. The number of benzene rings is 4. The van der Waals surface area contributed by atoms with Crippen LogP contribution in [0.15, 0.2) is 156 Å². The molecule has 2 amide bonds. The number of hydrogen-bond donors (Lipinski definition) is 4. The van der Waals surface area contributed by atoms with E-state index in [-0.39, 0.29) is 53.7 Å². The predicted molar refractivity (Wildman–Crippen MR) is 249 cm³/mol. The number of ether oxygens (including phenoxy) is 2. The minimum atomic E-state index is -1.29. The summed E-state index contributed by atoms with van der Waals surface area (Å²) in [6.07, 6.45) is 5.91. The molecule has 10 rings (SSSR count). The number of carbonyl (C=O) groups excluding carboxylic acids is 3. The van der Waals surface area contributed by atoms with Gasteiger partial charge in [-0.25, -0.2) is 32.3 Å². The number of amides is 2. The number of ketones is 1. The second kappa shape index (κ2) is 20.7. The molecule has 8 aromatic rings. The van der Waals surface area contributed by atoms with Crippen LogP contribution >= 0.6 is 0 Å². The highest BCUT2D eigenvalue weighted by Gasteiger charge is 2.25. The zero-order valence-corrected chi connectivity index (χ0v) is 36.6. The number of nitrogens with zero attached hydrogens (tertiary/aromatic N) is 4. The number of carboxylic acids is 1. The summed E-state index contributed by atoms with van der Waals surface area (Å²) in [7, 11) is 0. The van der Waals surface area contributed by atoms with Crippen molar-refractivity contribution < 1.29 is 51.3 Å². The van der Waals surface area contributed by atoms with Crippen molar-refractivity contribution in [1.29, 1.82) is 0 Å². The fraction of sp³-hybridized carbons (Fsp3) is 0.0588. The number of nitrogen functional groups attached to an aromatic ring is 1. The number of Topliss-reactive ketones (excluding diaryl/α,β-unsaturated/α-hetero) is 1. The molecule has 2 aliphatic rings. The Morgan fingerprint density at radius 1 is 0.592 bits per heavy atom. The van der Waals surface area contributed by atoms with E-state index in [2.05, 4.69) is 20.6 Å².